The van der Waals surface area contributed by atoms with Gasteiger partial charge in [-0.1, -0.05) is 51.1 Å². The van der Waals surface area contributed by atoms with E-state index < -0.39 is 0 Å². The molecule has 23 heavy (non-hydrogen) atoms. The molecule has 0 amide bonds. The lowest BCUT2D eigenvalue weighted by atomic mass is 9.90. The van der Waals surface area contributed by atoms with E-state index in [1.54, 1.807) is 0 Å². The number of nitrogens with zero attached hydrogens (tertiary/aromatic N) is 1. The quantitative estimate of drug-likeness (QED) is 0.741. The molecule has 1 aliphatic rings. The van der Waals surface area contributed by atoms with E-state index in [4.69, 9.17) is 0 Å². The second kappa shape index (κ2) is 7.92. The SMILES string of the molecule is CC(C)Cc1ccc(C(C)CC2=CCC(CN(C)C)C2=O)cc1. The van der Waals surface area contributed by atoms with Gasteiger partial charge in [0.1, 0.15) is 0 Å². The molecule has 2 unspecified atom stereocenters. The Morgan fingerprint density at radius 2 is 1.74 bits per heavy atom. The molecule has 1 aromatic carbocycles. The van der Waals surface area contributed by atoms with Crippen LogP contribution < -0.4 is 0 Å². The fraction of sp³-hybridized carbons (Fsp3) is 0.571. The third-order valence-corrected chi connectivity index (χ3v) is 4.64. The van der Waals surface area contributed by atoms with Crippen molar-refractivity contribution in [1.82, 2.24) is 4.90 Å². The Labute approximate surface area is 141 Å². The van der Waals surface area contributed by atoms with Gasteiger partial charge < -0.3 is 4.90 Å². The molecule has 0 aromatic heterocycles. The Hall–Kier alpha value is -1.41. The third-order valence-electron chi connectivity index (χ3n) is 4.64. The van der Waals surface area contributed by atoms with Gasteiger partial charge in [0.05, 0.1) is 0 Å². The molecule has 0 bridgehead atoms. The van der Waals surface area contributed by atoms with E-state index >= 15 is 0 Å². The van der Waals surface area contributed by atoms with E-state index in [9.17, 15) is 4.79 Å². The van der Waals surface area contributed by atoms with Crippen molar-refractivity contribution in [2.24, 2.45) is 11.8 Å². The minimum absolute atomic E-state index is 0.167. The fourth-order valence-electron chi connectivity index (χ4n) is 3.44. The Bertz CT molecular complexity index is 554. The summed E-state index contributed by atoms with van der Waals surface area (Å²) < 4.78 is 0. The lowest BCUT2D eigenvalue weighted by molar-refractivity contribution is -0.118. The van der Waals surface area contributed by atoms with Crippen LogP contribution >= 0.6 is 0 Å². The Kier molecular flexibility index (Phi) is 6.17. The fourth-order valence-corrected chi connectivity index (χ4v) is 3.44. The predicted octanol–water partition coefficient (Wildman–Crippen LogP) is 4.46. The summed E-state index contributed by atoms with van der Waals surface area (Å²) in [7, 11) is 4.07. The summed E-state index contributed by atoms with van der Waals surface area (Å²) in [5, 5.41) is 0. The van der Waals surface area contributed by atoms with Gasteiger partial charge in [-0.2, -0.15) is 0 Å². The van der Waals surface area contributed by atoms with Gasteiger partial charge in [-0.3, -0.25) is 4.79 Å². The molecule has 1 aliphatic carbocycles. The van der Waals surface area contributed by atoms with Gasteiger partial charge in [0.2, 0.25) is 0 Å². The van der Waals surface area contributed by atoms with Crippen molar-refractivity contribution in [2.45, 2.75) is 46.0 Å². The van der Waals surface area contributed by atoms with Crippen LogP contribution in [0, 0.1) is 11.8 Å². The van der Waals surface area contributed by atoms with Crippen LogP contribution in [-0.4, -0.2) is 31.3 Å². The number of hydrogen-bond acceptors (Lipinski definition) is 2. The average Bonchev–Trinajstić information content (AvgIpc) is 2.80. The molecule has 2 heteroatoms. The van der Waals surface area contributed by atoms with Gasteiger partial charge >= 0.3 is 0 Å². The molecule has 0 spiro atoms. The zero-order valence-electron chi connectivity index (χ0n) is 15.3. The summed E-state index contributed by atoms with van der Waals surface area (Å²) in [6.45, 7) is 7.58. The lowest BCUT2D eigenvalue weighted by Gasteiger charge is -2.17. The number of rotatable bonds is 7. The third kappa shape index (κ3) is 5.04. The van der Waals surface area contributed by atoms with Crippen LogP contribution in [0.5, 0.6) is 0 Å². The van der Waals surface area contributed by atoms with Crippen molar-refractivity contribution in [2.75, 3.05) is 20.6 Å². The van der Waals surface area contributed by atoms with Crippen LogP contribution in [0.3, 0.4) is 0 Å². The van der Waals surface area contributed by atoms with Crippen LogP contribution in [0.4, 0.5) is 0 Å². The summed E-state index contributed by atoms with van der Waals surface area (Å²) in [5.74, 6) is 1.62. The highest BCUT2D eigenvalue weighted by molar-refractivity contribution is 5.99. The molecule has 2 atom stereocenters. The number of hydrogen-bond donors (Lipinski definition) is 0. The van der Waals surface area contributed by atoms with Crippen molar-refractivity contribution < 1.29 is 4.79 Å². The average molecular weight is 313 g/mol. The molecular formula is C21H31NO. The molecule has 0 saturated heterocycles. The monoisotopic (exact) mass is 313 g/mol. The van der Waals surface area contributed by atoms with E-state index in [1.165, 1.54) is 11.1 Å². The number of carbonyl (C=O) groups is 1. The molecule has 0 heterocycles. The molecule has 126 valence electrons. The zero-order chi connectivity index (χ0) is 17.0. The molecule has 0 N–H and O–H groups in total. The van der Waals surface area contributed by atoms with E-state index in [-0.39, 0.29) is 5.92 Å². The van der Waals surface area contributed by atoms with Gasteiger partial charge in [-0.05, 0) is 61.9 Å². The number of Topliss-reactive ketones (excluding diaryl/α,β-unsaturated/α-hetero) is 1. The second-order valence-corrected chi connectivity index (χ2v) is 7.73. The second-order valence-electron chi connectivity index (χ2n) is 7.73. The molecule has 1 aromatic rings. The number of benzene rings is 1. The first-order valence-corrected chi connectivity index (χ1v) is 8.83. The maximum absolute atomic E-state index is 12.5. The Balaban J connectivity index is 1.94. The van der Waals surface area contributed by atoms with Crippen molar-refractivity contribution >= 4 is 5.78 Å². The van der Waals surface area contributed by atoms with E-state index in [2.05, 4.69) is 56.0 Å². The maximum atomic E-state index is 12.5. The lowest BCUT2D eigenvalue weighted by Crippen LogP contribution is -2.25. The molecular weight excluding hydrogens is 282 g/mol. The van der Waals surface area contributed by atoms with Crippen LogP contribution in [-0.2, 0) is 11.2 Å². The van der Waals surface area contributed by atoms with Crippen molar-refractivity contribution in [1.29, 1.82) is 0 Å². The maximum Gasteiger partial charge on any atom is 0.163 e. The predicted molar refractivity (Wildman–Crippen MR) is 97.8 cm³/mol. The minimum Gasteiger partial charge on any atom is -0.309 e. The molecule has 0 radical (unpaired) electrons. The number of allylic oxidation sites excluding steroid dienone is 2. The van der Waals surface area contributed by atoms with Gasteiger partial charge in [-0.25, -0.2) is 0 Å². The normalized spacial score (nSPS) is 19.5. The van der Waals surface area contributed by atoms with Gasteiger partial charge in [0, 0.05) is 12.5 Å². The summed E-state index contributed by atoms with van der Waals surface area (Å²) in [4.78, 5) is 14.6. The zero-order valence-corrected chi connectivity index (χ0v) is 15.3. The first kappa shape index (κ1) is 17.9. The summed E-state index contributed by atoms with van der Waals surface area (Å²) in [6.07, 6.45) is 5.07. The van der Waals surface area contributed by atoms with Crippen LogP contribution in [0.2, 0.25) is 0 Å². The summed E-state index contributed by atoms with van der Waals surface area (Å²) in [5.41, 5.74) is 3.77. The molecule has 0 saturated carbocycles. The van der Waals surface area contributed by atoms with Crippen molar-refractivity contribution in [3.63, 3.8) is 0 Å². The first-order chi connectivity index (χ1) is 10.9. The first-order valence-electron chi connectivity index (χ1n) is 8.83. The molecule has 2 rings (SSSR count). The highest BCUT2D eigenvalue weighted by Crippen LogP contribution is 2.30. The minimum atomic E-state index is 0.167. The van der Waals surface area contributed by atoms with Crippen LogP contribution in [0.15, 0.2) is 35.9 Å². The van der Waals surface area contributed by atoms with E-state index in [1.807, 2.05) is 14.1 Å². The Morgan fingerprint density at radius 1 is 1.09 bits per heavy atom. The molecule has 0 aliphatic heterocycles. The topological polar surface area (TPSA) is 20.3 Å². The summed E-state index contributed by atoms with van der Waals surface area (Å²) >= 11 is 0. The largest absolute Gasteiger partial charge is 0.309 e. The molecule has 2 nitrogen and oxygen atoms in total. The highest BCUT2D eigenvalue weighted by atomic mass is 16.1. The van der Waals surface area contributed by atoms with Crippen molar-refractivity contribution in [3.05, 3.63) is 47.0 Å². The van der Waals surface area contributed by atoms with Crippen LogP contribution in [0.25, 0.3) is 0 Å². The Morgan fingerprint density at radius 3 is 2.30 bits per heavy atom. The van der Waals surface area contributed by atoms with Crippen LogP contribution in [0.1, 0.15) is 50.7 Å². The van der Waals surface area contributed by atoms with Gasteiger partial charge in [-0.15, -0.1) is 0 Å². The number of carbonyl (C=O) groups excluding carboxylic acids is 1. The highest BCUT2D eigenvalue weighted by Gasteiger charge is 2.28. The van der Waals surface area contributed by atoms with Gasteiger partial charge in [0.25, 0.3) is 0 Å². The van der Waals surface area contributed by atoms with Crippen molar-refractivity contribution in [3.8, 4) is 0 Å². The van der Waals surface area contributed by atoms with Gasteiger partial charge in [0.15, 0.2) is 5.78 Å². The summed E-state index contributed by atoms with van der Waals surface area (Å²) in [6, 6.07) is 8.95. The van der Waals surface area contributed by atoms with E-state index in [0.29, 0.717) is 17.6 Å². The number of ketones is 1. The smallest absolute Gasteiger partial charge is 0.163 e. The standard InChI is InChI=1S/C21H31NO/c1-15(2)12-17-6-8-18(9-7-17)16(3)13-19-10-11-20(21(19)23)14-22(4)5/h6-10,15-16,20H,11-14H2,1-5H3. The van der Waals surface area contributed by atoms with E-state index in [0.717, 1.165) is 31.4 Å². The molecule has 0 fully saturated rings.